The SMILES string of the molecule is Cc1ccc(-c2cn(C(C)C)c3ccnc(Nc4ccc(Oc5ccnc6cc(OCC(C)(C)O)ccc56)c(F)c4)c3c2=O)cc1. The second-order valence-electron chi connectivity index (χ2n) is 12.3. The van der Waals surface area contributed by atoms with E-state index in [0.29, 0.717) is 44.9 Å². The van der Waals surface area contributed by atoms with Crippen molar-refractivity contribution >= 4 is 33.3 Å². The second-order valence-corrected chi connectivity index (χ2v) is 12.3. The summed E-state index contributed by atoms with van der Waals surface area (Å²) in [6, 6.07) is 21.2. The summed E-state index contributed by atoms with van der Waals surface area (Å²) in [6.07, 6.45) is 5.10. The Kier molecular flexibility index (Phi) is 8.19. The summed E-state index contributed by atoms with van der Waals surface area (Å²) in [5, 5.41) is 14.2. The minimum absolute atomic E-state index is 0.0232. The number of aliphatic hydroxyl groups is 1. The molecular weight excluding hydrogens is 583 g/mol. The minimum atomic E-state index is -0.979. The van der Waals surface area contributed by atoms with Crippen molar-refractivity contribution in [2.75, 3.05) is 11.9 Å². The van der Waals surface area contributed by atoms with E-state index < -0.39 is 11.4 Å². The molecule has 0 saturated carbocycles. The van der Waals surface area contributed by atoms with Crippen molar-refractivity contribution in [3.63, 3.8) is 0 Å². The zero-order chi connectivity index (χ0) is 32.6. The molecule has 0 unspecified atom stereocenters. The zero-order valence-corrected chi connectivity index (χ0v) is 26.3. The van der Waals surface area contributed by atoms with Gasteiger partial charge in [0.05, 0.1) is 22.0 Å². The molecule has 0 fully saturated rings. The fourth-order valence-electron chi connectivity index (χ4n) is 5.21. The third-order valence-corrected chi connectivity index (χ3v) is 7.55. The number of hydrogen-bond donors (Lipinski definition) is 2. The lowest BCUT2D eigenvalue weighted by molar-refractivity contribution is 0.0285. The van der Waals surface area contributed by atoms with Crippen LogP contribution in [0.1, 0.15) is 39.3 Å². The monoisotopic (exact) mass is 618 g/mol. The number of pyridine rings is 3. The Morgan fingerprint density at radius 1 is 0.957 bits per heavy atom. The molecule has 0 radical (unpaired) electrons. The molecule has 3 aromatic heterocycles. The number of ether oxygens (including phenoxy) is 2. The number of aryl methyl sites for hydroxylation is 1. The lowest BCUT2D eigenvalue weighted by atomic mass is 10.0. The molecule has 6 rings (SSSR count). The van der Waals surface area contributed by atoms with Crippen molar-refractivity contribution in [2.24, 2.45) is 0 Å². The highest BCUT2D eigenvalue weighted by atomic mass is 19.1. The molecule has 6 aromatic rings. The van der Waals surface area contributed by atoms with Crippen molar-refractivity contribution < 1.29 is 19.0 Å². The van der Waals surface area contributed by atoms with Crippen molar-refractivity contribution in [1.82, 2.24) is 14.5 Å². The number of anilines is 2. The third-order valence-electron chi connectivity index (χ3n) is 7.55. The molecule has 0 amide bonds. The second kappa shape index (κ2) is 12.3. The van der Waals surface area contributed by atoms with Crippen molar-refractivity contribution in [3.8, 4) is 28.4 Å². The van der Waals surface area contributed by atoms with E-state index in [0.717, 1.165) is 16.6 Å². The first kappa shape index (κ1) is 30.7. The van der Waals surface area contributed by atoms with Gasteiger partial charge in [-0.1, -0.05) is 29.8 Å². The van der Waals surface area contributed by atoms with Crippen LogP contribution in [-0.4, -0.2) is 31.8 Å². The van der Waals surface area contributed by atoms with Crippen LogP contribution in [-0.2, 0) is 0 Å². The maximum atomic E-state index is 15.5. The molecule has 46 heavy (non-hydrogen) atoms. The number of nitrogens with zero attached hydrogens (tertiary/aromatic N) is 3. The fourth-order valence-corrected chi connectivity index (χ4v) is 5.21. The molecule has 0 aliphatic carbocycles. The zero-order valence-electron chi connectivity index (χ0n) is 26.3. The Labute approximate surface area is 266 Å². The largest absolute Gasteiger partial charge is 0.491 e. The number of halogens is 1. The van der Waals surface area contributed by atoms with Crippen LogP contribution in [0.25, 0.3) is 32.9 Å². The summed E-state index contributed by atoms with van der Waals surface area (Å²) in [5.41, 5.74) is 3.08. The molecule has 3 heterocycles. The number of aromatic nitrogens is 3. The average Bonchev–Trinajstić information content (AvgIpc) is 3.01. The smallest absolute Gasteiger partial charge is 0.200 e. The predicted molar refractivity (Wildman–Crippen MR) is 180 cm³/mol. The van der Waals surface area contributed by atoms with Gasteiger partial charge in [-0.25, -0.2) is 9.37 Å². The number of fused-ring (bicyclic) bond motifs is 2. The van der Waals surface area contributed by atoms with Crippen LogP contribution in [0.3, 0.4) is 0 Å². The summed E-state index contributed by atoms with van der Waals surface area (Å²) >= 11 is 0. The van der Waals surface area contributed by atoms with E-state index in [2.05, 4.69) is 33.7 Å². The molecule has 0 aliphatic heterocycles. The molecule has 0 aliphatic rings. The van der Waals surface area contributed by atoms with Crippen LogP contribution in [0.5, 0.6) is 17.2 Å². The molecule has 0 atom stereocenters. The van der Waals surface area contributed by atoms with Gasteiger partial charge in [0.15, 0.2) is 11.6 Å². The van der Waals surface area contributed by atoms with E-state index in [1.807, 2.05) is 43.5 Å². The number of hydrogen-bond acceptors (Lipinski definition) is 7. The van der Waals surface area contributed by atoms with Crippen LogP contribution in [0.15, 0.2) is 96.2 Å². The van der Waals surface area contributed by atoms with Crippen molar-refractivity contribution in [3.05, 3.63) is 113 Å². The Morgan fingerprint density at radius 3 is 2.43 bits per heavy atom. The molecule has 2 N–H and O–H groups in total. The summed E-state index contributed by atoms with van der Waals surface area (Å²) < 4.78 is 29.2. The average molecular weight is 619 g/mol. The highest BCUT2D eigenvalue weighted by Crippen LogP contribution is 2.34. The third kappa shape index (κ3) is 6.41. The lowest BCUT2D eigenvalue weighted by Gasteiger charge is -2.19. The van der Waals surface area contributed by atoms with Gasteiger partial charge in [0, 0.05) is 53.4 Å². The van der Waals surface area contributed by atoms with Gasteiger partial charge in [-0.3, -0.25) is 9.78 Å². The van der Waals surface area contributed by atoms with E-state index in [1.54, 1.807) is 56.6 Å². The molecule has 0 spiro atoms. The standard InChI is InChI=1S/C37H35FN4O4/c1-22(2)42-20-28(24-8-6-23(3)7-9-24)35(43)34-31(42)14-16-40-36(34)41-25-10-13-33(29(38)18-25)46-32-15-17-39-30-19-26(11-12-27(30)32)45-21-37(4,5)44/h6-20,22,44H,21H2,1-5H3,(H,40,41). The molecule has 0 saturated heterocycles. The fraction of sp³-hybridized carbons (Fsp3) is 0.216. The Balaban J connectivity index is 1.31. The number of rotatable bonds is 9. The first-order chi connectivity index (χ1) is 22.0. The quantitative estimate of drug-likeness (QED) is 0.168. The van der Waals surface area contributed by atoms with Gasteiger partial charge in [-0.05, 0) is 76.6 Å². The van der Waals surface area contributed by atoms with Crippen LogP contribution in [0.2, 0.25) is 0 Å². The van der Waals surface area contributed by atoms with Gasteiger partial charge in [-0.15, -0.1) is 0 Å². The summed E-state index contributed by atoms with van der Waals surface area (Å²) in [7, 11) is 0. The molecule has 0 bridgehead atoms. The molecular formula is C37H35FN4O4. The summed E-state index contributed by atoms with van der Waals surface area (Å²) in [5.74, 6) is 0.735. The van der Waals surface area contributed by atoms with Crippen molar-refractivity contribution in [1.29, 1.82) is 0 Å². The first-order valence-electron chi connectivity index (χ1n) is 15.1. The normalized spacial score (nSPS) is 11.7. The summed E-state index contributed by atoms with van der Waals surface area (Å²) in [6.45, 7) is 9.57. The molecule has 3 aromatic carbocycles. The Bertz CT molecular complexity index is 2120. The molecule has 8 nitrogen and oxygen atoms in total. The van der Waals surface area contributed by atoms with Crippen LogP contribution < -0.4 is 20.2 Å². The lowest BCUT2D eigenvalue weighted by Crippen LogP contribution is -2.27. The minimum Gasteiger partial charge on any atom is -0.491 e. The summed E-state index contributed by atoms with van der Waals surface area (Å²) in [4.78, 5) is 22.8. The van der Waals surface area contributed by atoms with Gasteiger partial charge in [0.2, 0.25) is 5.43 Å². The Morgan fingerprint density at radius 2 is 1.72 bits per heavy atom. The van der Waals surface area contributed by atoms with Crippen LogP contribution >= 0.6 is 0 Å². The highest BCUT2D eigenvalue weighted by molar-refractivity contribution is 5.94. The topological polar surface area (TPSA) is 98.5 Å². The maximum absolute atomic E-state index is 15.5. The number of nitrogens with one attached hydrogen (secondary N) is 1. The van der Waals surface area contributed by atoms with E-state index >= 15 is 4.39 Å². The van der Waals surface area contributed by atoms with E-state index in [9.17, 15) is 9.90 Å². The highest BCUT2D eigenvalue weighted by Gasteiger charge is 2.18. The van der Waals surface area contributed by atoms with Gasteiger partial charge in [0.1, 0.15) is 23.9 Å². The van der Waals surface area contributed by atoms with Crippen LogP contribution in [0, 0.1) is 12.7 Å². The van der Waals surface area contributed by atoms with E-state index in [1.165, 1.54) is 12.1 Å². The van der Waals surface area contributed by atoms with Crippen LogP contribution in [0.4, 0.5) is 15.9 Å². The maximum Gasteiger partial charge on any atom is 0.200 e. The first-order valence-corrected chi connectivity index (χ1v) is 15.1. The van der Waals surface area contributed by atoms with Gasteiger partial charge < -0.3 is 24.5 Å². The Hall–Kier alpha value is -5.28. The van der Waals surface area contributed by atoms with Gasteiger partial charge in [-0.2, -0.15) is 0 Å². The predicted octanol–water partition coefficient (Wildman–Crippen LogP) is 8.33. The van der Waals surface area contributed by atoms with E-state index in [-0.39, 0.29) is 23.8 Å². The molecule has 9 heteroatoms. The van der Waals surface area contributed by atoms with Gasteiger partial charge in [0.25, 0.3) is 0 Å². The van der Waals surface area contributed by atoms with Gasteiger partial charge >= 0.3 is 0 Å². The number of benzene rings is 3. The molecule has 234 valence electrons. The van der Waals surface area contributed by atoms with E-state index in [4.69, 9.17) is 9.47 Å². The van der Waals surface area contributed by atoms with Crippen molar-refractivity contribution in [2.45, 2.75) is 46.3 Å².